The van der Waals surface area contributed by atoms with Crippen molar-refractivity contribution in [3.63, 3.8) is 0 Å². The van der Waals surface area contributed by atoms with Gasteiger partial charge in [-0.05, 0) is 17.5 Å². The van der Waals surface area contributed by atoms with E-state index in [0.29, 0.717) is 19.6 Å². The van der Waals surface area contributed by atoms with Gasteiger partial charge in [-0.1, -0.05) is 72.8 Å². The maximum absolute atomic E-state index is 10.2. The fourth-order valence-electron chi connectivity index (χ4n) is 2.29. The van der Waals surface area contributed by atoms with Gasteiger partial charge in [0, 0.05) is 12.5 Å². The molecule has 0 aromatic heterocycles. The van der Waals surface area contributed by atoms with Crippen molar-refractivity contribution in [1.29, 1.82) is 0 Å². The molecule has 0 fully saturated rings. The molecule has 122 valence electrons. The Morgan fingerprint density at radius 3 is 2.26 bits per heavy atom. The highest BCUT2D eigenvalue weighted by molar-refractivity contribution is 5.49. The first-order valence-electron chi connectivity index (χ1n) is 7.93. The number of benzene rings is 2. The third-order valence-electron chi connectivity index (χ3n) is 3.71. The fourth-order valence-corrected chi connectivity index (χ4v) is 2.29. The molecule has 0 saturated carbocycles. The lowest BCUT2D eigenvalue weighted by atomic mass is 9.99. The van der Waals surface area contributed by atoms with Crippen molar-refractivity contribution in [2.75, 3.05) is 13.2 Å². The smallest absolute Gasteiger partial charge is 0.0716 e. The van der Waals surface area contributed by atoms with Gasteiger partial charge in [-0.3, -0.25) is 0 Å². The minimum atomic E-state index is -0.615. The molecule has 0 aliphatic rings. The molecule has 3 nitrogen and oxygen atoms in total. The summed E-state index contributed by atoms with van der Waals surface area (Å²) in [5, 5.41) is 19.6. The molecule has 2 aromatic rings. The summed E-state index contributed by atoms with van der Waals surface area (Å²) in [6.07, 6.45) is 3.67. The summed E-state index contributed by atoms with van der Waals surface area (Å²) in [5.41, 5.74) is 2.17. The van der Waals surface area contributed by atoms with Crippen LogP contribution in [-0.2, 0) is 11.3 Å². The molecule has 0 spiro atoms. The van der Waals surface area contributed by atoms with E-state index >= 15 is 0 Å². The van der Waals surface area contributed by atoms with Crippen molar-refractivity contribution in [3.8, 4) is 0 Å². The number of rotatable bonds is 9. The average molecular weight is 312 g/mol. The van der Waals surface area contributed by atoms with Crippen molar-refractivity contribution in [2.45, 2.75) is 19.1 Å². The zero-order valence-corrected chi connectivity index (χ0v) is 13.2. The van der Waals surface area contributed by atoms with Crippen LogP contribution in [0.3, 0.4) is 0 Å². The van der Waals surface area contributed by atoms with Crippen LogP contribution in [0.4, 0.5) is 0 Å². The zero-order chi connectivity index (χ0) is 16.3. The van der Waals surface area contributed by atoms with Crippen LogP contribution in [0.5, 0.6) is 0 Å². The maximum atomic E-state index is 10.2. The van der Waals surface area contributed by atoms with Crippen LogP contribution in [0.1, 0.15) is 17.5 Å². The van der Waals surface area contributed by atoms with Crippen molar-refractivity contribution < 1.29 is 14.9 Å². The van der Waals surface area contributed by atoms with Gasteiger partial charge < -0.3 is 14.9 Å². The quantitative estimate of drug-likeness (QED) is 0.699. The fraction of sp³-hybridized carbons (Fsp3) is 0.300. The first-order chi connectivity index (χ1) is 11.3. The van der Waals surface area contributed by atoms with Crippen molar-refractivity contribution in [3.05, 3.63) is 77.9 Å². The van der Waals surface area contributed by atoms with Crippen LogP contribution >= 0.6 is 0 Å². The SMILES string of the molecule is OC[C@H](/C=C/c1ccccc1)[C@@H](O)CCOCc1ccccc1. The lowest BCUT2D eigenvalue weighted by Gasteiger charge is -2.17. The van der Waals surface area contributed by atoms with Gasteiger partial charge in [0.15, 0.2) is 0 Å². The molecule has 0 aliphatic heterocycles. The molecule has 0 saturated heterocycles. The Bertz CT molecular complexity index is 566. The van der Waals surface area contributed by atoms with E-state index in [1.54, 1.807) is 0 Å². The molecule has 0 radical (unpaired) electrons. The number of hydrogen-bond donors (Lipinski definition) is 2. The summed E-state index contributed by atoms with van der Waals surface area (Å²) >= 11 is 0. The van der Waals surface area contributed by atoms with Gasteiger partial charge in [-0.2, -0.15) is 0 Å². The zero-order valence-electron chi connectivity index (χ0n) is 13.2. The largest absolute Gasteiger partial charge is 0.396 e. The summed E-state index contributed by atoms with van der Waals surface area (Å²) < 4.78 is 5.58. The molecule has 2 rings (SSSR count). The Hall–Kier alpha value is -1.94. The van der Waals surface area contributed by atoms with Gasteiger partial charge >= 0.3 is 0 Å². The van der Waals surface area contributed by atoms with Gasteiger partial charge in [0.05, 0.1) is 19.3 Å². The van der Waals surface area contributed by atoms with Crippen LogP contribution in [0.25, 0.3) is 6.08 Å². The second-order valence-electron chi connectivity index (χ2n) is 5.51. The number of ether oxygens (including phenoxy) is 1. The summed E-state index contributed by atoms with van der Waals surface area (Å²) in [4.78, 5) is 0. The molecule has 0 heterocycles. The predicted octanol–water partition coefficient (Wildman–Crippen LogP) is 3.28. The normalized spacial score (nSPS) is 14.0. The molecule has 0 unspecified atom stereocenters. The topological polar surface area (TPSA) is 49.7 Å². The predicted molar refractivity (Wildman–Crippen MR) is 92.8 cm³/mol. The molecule has 2 N–H and O–H groups in total. The first-order valence-corrected chi connectivity index (χ1v) is 7.93. The summed E-state index contributed by atoms with van der Waals surface area (Å²) in [5.74, 6) is -0.282. The molecule has 0 bridgehead atoms. The highest BCUT2D eigenvalue weighted by atomic mass is 16.5. The van der Waals surface area contributed by atoms with Gasteiger partial charge in [-0.25, -0.2) is 0 Å². The van der Waals surface area contributed by atoms with Crippen LogP contribution in [0, 0.1) is 5.92 Å². The van der Waals surface area contributed by atoms with Crippen LogP contribution in [0.15, 0.2) is 66.7 Å². The monoisotopic (exact) mass is 312 g/mol. The summed E-state index contributed by atoms with van der Waals surface area (Å²) in [6, 6.07) is 19.8. The highest BCUT2D eigenvalue weighted by Gasteiger charge is 2.15. The van der Waals surface area contributed by atoms with Gasteiger partial charge in [0.25, 0.3) is 0 Å². The van der Waals surface area contributed by atoms with E-state index in [2.05, 4.69) is 0 Å². The minimum absolute atomic E-state index is 0.0802. The minimum Gasteiger partial charge on any atom is -0.396 e. The van der Waals surface area contributed by atoms with E-state index in [9.17, 15) is 10.2 Å². The van der Waals surface area contributed by atoms with Crippen molar-refractivity contribution in [2.24, 2.45) is 5.92 Å². The lowest BCUT2D eigenvalue weighted by Crippen LogP contribution is -2.23. The van der Waals surface area contributed by atoms with E-state index in [1.807, 2.05) is 72.8 Å². The van der Waals surface area contributed by atoms with Crippen LogP contribution in [-0.4, -0.2) is 29.5 Å². The van der Waals surface area contributed by atoms with Crippen molar-refractivity contribution in [1.82, 2.24) is 0 Å². The van der Waals surface area contributed by atoms with E-state index in [1.165, 1.54) is 0 Å². The number of aliphatic hydroxyl groups excluding tert-OH is 2. The third kappa shape index (κ3) is 6.37. The molecule has 23 heavy (non-hydrogen) atoms. The van der Waals surface area contributed by atoms with Gasteiger partial charge in [0.1, 0.15) is 0 Å². The Morgan fingerprint density at radius 2 is 1.61 bits per heavy atom. The number of hydrogen-bond acceptors (Lipinski definition) is 3. The molecular weight excluding hydrogens is 288 g/mol. The summed E-state index contributed by atoms with van der Waals surface area (Å²) in [6.45, 7) is 0.923. The Kier molecular flexibility index (Phi) is 7.54. The maximum Gasteiger partial charge on any atom is 0.0716 e. The third-order valence-corrected chi connectivity index (χ3v) is 3.71. The van der Waals surface area contributed by atoms with Crippen LogP contribution in [0.2, 0.25) is 0 Å². The number of aliphatic hydroxyl groups is 2. The van der Waals surface area contributed by atoms with E-state index < -0.39 is 6.10 Å². The Labute approximate surface area is 137 Å². The van der Waals surface area contributed by atoms with Gasteiger partial charge in [-0.15, -0.1) is 0 Å². The second kappa shape index (κ2) is 9.95. The molecule has 0 amide bonds. The Balaban J connectivity index is 1.74. The second-order valence-corrected chi connectivity index (χ2v) is 5.51. The van der Waals surface area contributed by atoms with E-state index in [4.69, 9.17) is 4.74 Å². The molecule has 2 atom stereocenters. The lowest BCUT2D eigenvalue weighted by molar-refractivity contribution is 0.0412. The Morgan fingerprint density at radius 1 is 0.957 bits per heavy atom. The van der Waals surface area contributed by atoms with Crippen LogP contribution < -0.4 is 0 Å². The standard InChI is InChI=1S/C20H24O3/c21-15-19(12-11-17-7-3-1-4-8-17)20(22)13-14-23-16-18-9-5-2-6-10-18/h1-12,19-22H,13-16H2/b12-11+/t19-,20-/m0/s1. The average Bonchev–Trinajstić information content (AvgIpc) is 2.61. The molecular formula is C20H24O3. The van der Waals surface area contributed by atoms with E-state index in [-0.39, 0.29) is 12.5 Å². The first kappa shape index (κ1) is 17.4. The van der Waals surface area contributed by atoms with Gasteiger partial charge in [0.2, 0.25) is 0 Å². The molecule has 2 aromatic carbocycles. The van der Waals surface area contributed by atoms with E-state index in [0.717, 1.165) is 11.1 Å². The van der Waals surface area contributed by atoms with Crippen molar-refractivity contribution >= 4 is 6.08 Å². The summed E-state index contributed by atoms with van der Waals surface area (Å²) in [7, 11) is 0. The molecule has 3 heteroatoms. The molecule has 0 aliphatic carbocycles. The highest BCUT2D eigenvalue weighted by Crippen LogP contribution is 2.13.